The molecule has 0 heterocycles. The Balaban J connectivity index is 1.91. The highest BCUT2D eigenvalue weighted by molar-refractivity contribution is 6.53. The van der Waals surface area contributed by atoms with Crippen molar-refractivity contribution in [2.75, 3.05) is 0 Å². The summed E-state index contributed by atoms with van der Waals surface area (Å²) in [6.45, 7) is 4.44. The summed E-state index contributed by atoms with van der Waals surface area (Å²) in [6, 6.07) is 18.4. The van der Waals surface area contributed by atoms with Crippen LogP contribution >= 0.6 is 0 Å². The Labute approximate surface area is 276 Å². The number of benzene rings is 2. The van der Waals surface area contributed by atoms with Gasteiger partial charge in [-0.2, -0.15) is 9.98 Å². The monoisotopic (exact) mass is 636 g/mol. The van der Waals surface area contributed by atoms with Crippen molar-refractivity contribution in [3.63, 3.8) is 0 Å². The molecule has 0 aliphatic rings. The van der Waals surface area contributed by atoms with Crippen molar-refractivity contribution >= 4 is 23.4 Å². The van der Waals surface area contributed by atoms with Gasteiger partial charge in [0.15, 0.2) is 0 Å². The lowest BCUT2D eigenvalue weighted by molar-refractivity contribution is -0.274. The highest BCUT2D eigenvalue weighted by atomic mass is 17.3. The minimum Gasteiger partial charge on any atom is -0.247 e. The predicted molar refractivity (Wildman–Crippen MR) is 184 cm³/mol. The summed E-state index contributed by atoms with van der Waals surface area (Å²) in [5.41, 5.74) is 1.78. The molecule has 0 bridgehead atoms. The van der Waals surface area contributed by atoms with E-state index in [2.05, 4.69) is 24.2 Å². The van der Waals surface area contributed by atoms with Crippen LogP contribution in [0, 0.1) is 0 Å². The maximum absolute atomic E-state index is 12.3. The van der Waals surface area contributed by atoms with Crippen LogP contribution in [-0.2, 0) is 29.3 Å². The molecule has 0 aromatic heterocycles. The first-order valence-electron chi connectivity index (χ1n) is 17.7. The Morgan fingerprint density at radius 1 is 0.457 bits per heavy atom. The molecule has 46 heavy (non-hydrogen) atoms. The van der Waals surface area contributed by atoms with E-state index in [0.29, 0.717) is 11.1 Å². The van der Waals surface area contributed by atoms with E-state index in [4.69, 9.17) is 19.8 Å². The van der Waals surface area contributed by atoms with Gasteiger partial charge in [0.1, 0.15) is 11.4 Å². The largest absolute Gasteiger partial charge is 0.358 e. The molecule has 0 aliphatic carbocycles. The van der Waals surface area contributed by atoms with Crippen LogP contribution in [0.1, 0.15) is 153 Å². The lowest BCUT2D eigenvalue weighted by Gasteiger charge is -2.09. The number of carbonyl (C=O) groups is 2. The molecule has 8 nitrogen and oxygen atoms in total. The van der Waals surface area contributed by atoms with Crippen molar-refractivity contribution in [3.05, 3.63) is 71.8 Å². The fourth-order valence-corrected chi connectivity index (χ4v) is 5.10. The number of hydrogen-bond acceptors (Lipinski definition) is 8. The maximum atomic E-state index is 12.3. The zero-order chi connectivity index (χ0) is 32.9. The van der Waals surface area contributed by atoms with E-state index in [1.807, 2.05) is 60.7 Å². The summed E-state index contributed by atoms with van der Waals surface area (Å²) < 4.78 is 0. The topological polar surface area (TPSA) is 95.8 Å². The van der Waals surface area contributed by atoms with Crippen molar-refractivity contribution in [3.8, 4) is 0 Å². The van der Waals surface area contributed by atoms with E-state index in [9.17, 15) is 9.59 Å². The quantitative estimate of drug-likeness (QED) is 0.0419. The SMILES string of the molecule is CCCCCCCCCCCC(=O)OON=C(C(=NOOC(=O)CCCCCCCCCCC)c1ccccc1)c1ccccc1. The molecule has 0 atom stereocenters. The van der Waals surface area contributed by atoms with E-state index in [0.717, 1.165) is 38.5 Å². The zero-order valence-electron chi connectivity index (χ0n) is 28.3. The molecule has 254 valence electrons. The van der Waals surface area contributed by atoms with Crippen molar-refractivity contribution in [2.24, 2.45) is 10.3 Å². The molecule has 0 spiro atoms. The van der Waals surface area contributed by atoms with Gasteiger partial charge in [0.2, 0.25) is 0 Å². The molecule has 0 saturated heterocycles. The van der Waals surface area contributed by atoms with Crippen LogP contribution in [0.3, 0.4) is 0 Å². The molecule has 0 radical (unpaired) electrons. The summed E-state index contributed by atoms with van der Waals surface area (Å²) in [4.78, 5) is 44.8. The summed E-state index contributed by atoms with van der Waals surface area (Å²) in [7, 11) is 0. The van der Waals surface area contributed by atoms with Gasteiger partial charge in [-0.25, -0.2) is 19.4 Å². The fourth-order valence-electron chi connectivity index (χ4n) is 5.10. The Morgan fingerprint density at radius 2 is 0.761 bits per heavy atom. The second-order valence-corrected chi connectivity index (χ2v) is 11.8. The fraction of sp³-hybridized carbons (Fsp3) is 0.579. The van der Waals surface area contributed by atoms with Crippen LogP contribution in [0.15, 0.2) is 71.0 Å². The Bertz CT molecular complexity index is 1030. The van der Waals surface area contributed by atoms with Crippen LogP contribution in [0.4, 0.5) is 0 Å². The smallest absolute Gasteiger partial charge is 0.247 e. The highest BCUT2D eigenvalue weighted by Crippen LogP contribution is 2.14. The van der Waals surface area contributed by atoms with Gasteiger partial charge in [-0.1, -0.05) is 177 Å². The normalized spacial score (nSPS) is 11.7. The summed E-state index contributed by atoms with van der Waals surface area (Å²) in [6.07, 6.45) is 21.3. The highest BCUT2D eigenvalue weighted by Gasteiger charge is 2.18. The summed E-state index contributed by atoms with van der Waals surface area (Å²) in [5.74, 6) is -0.974. The van der Waals surface area contributed by atoms with E-state index in [-0.39, 0.29) is 24.3 Å². The van der Waals surface area contributed by atoms with Gasteiger partial charge in [0.05, 0.1) is 12.8 Å². The number of carbonyl (C=O) groups excluding carboxylic acids is 2. The standard InChI is InChI=1S/C38H56N2O6/c1-3-5-7-9-11-13-15-17-25-31-35(41)43-45-39-37(33-27-21-19-22-28-33)38(34-29-23-20-24-30-34)40-46-44-36(42)32-26-18-16-14-12-10-8-6-4-2/h19-24,27-30H,3-18,25-26,31-32H2,1-2H3. The van der Waals surface area contributed by atoms with Crippen molar-refractivity contribution < 1.29 is 29.3 Å². The first-order valence-corrected chi connectivity index (χ1v) is 17.7. The molecule has 2 aromatic rings. The second-order valence-electron chi connectivity index (χ2n) is 11.8. The molecule has 0 aliphatic heterocycles. The molecule has 0 unspecified atom stereocenters. The lowest BCUT2D eigenvalue weighted by atomic mass is 10.0. The van der Waals surface area contributed by atoms with E-state index in [1.165, 1.54) is 77.0 Å². The number of rotatable bonds is 27. The first-order chi connectivity index (χ1) is 22.7. The van der Waals surface area contributed by atoms with Crippen molar-refractivity contribution in [1.82, 2.24) is 0 Å². The third kappa shape index (κ3) is 18.3. The summed E-state index contributed by atoms with van der Waals surface area (Å²) >= 11 is 0. The third-order valence-electron chi connectivity index (χ3n) is 7.81. The molecule has 0 fully saturated rings. The lowest BCUT2D eigenvalue weighted by Crippen LogP contribution is -2.19. The molecule has 0 N–H and O–H groups in total. The number of hydrogen-bond donors (Lipinski definition) is 0. The summed E-state index contributed by atoms with van der Waals surface area (Å²) in [5, 5.41) is 8.25. The minimum absolute atomic E-state index is 0.248. The number of oxime groups is 2. The van der Waals surface area contributed by atoms with Gasteiger partial charge in [-0.3, -0.25) is 0 Å². The minimum atomic E-state index is -0.487. The van der Waals surface area contributed by atoms with E-state index < -0.39 is 11.9 Å². The van der Waals surface area contributed by atoms with Crippen molar-refractivity contribution in [1.29, 1.82) is 0 Å². The van der Waals surface area contributed by atoms with Crippen LogP contribution in [0.5, 0.6) is 0 Å². The average molecular weight is 637 g/mol. The zero-order valence-corrected chi connectivity index (χ0v) is 28.3. The van der Waals surface area contributed by atoms with Gasteiger partial charge in [0, 0.05) is 11.1 Å². The Morgan fingerprint density at radius 3 is 1.09 bits per heavy atom. The van der Waals surface area contributed by atoms with Gasteiger partial charge >= 0.3 is 11.9 Å². The van der Waals surface area contributed by atoms with E-state index >= 15 is 0 Å². The molecule has 0 amide bonds. The van der Waals surface area contributed by atoms with Gasteiger partial charge in [-0.05, 0) is 23.2 Å². The molecule has 2 rings (SSSR count). The molecule has 2 aromatic carbocycles. The van der Waals surface area contributed by atoms with Gasteiger partial charge in [-0.15, -0.1) is 0 Å². The Hall–Kier alpha value is -3.68. The van der Waals surface area contributed by atoms with Gasteiger partial charge < -0.3 is 0 Å². The molecular weight excluding hydrogens is 580 g/mol. The van der Waals surface area contributed by atoms with Crippen molar-refractivity contribution in [2.45, 2.75) is 142 Å². The Kier molecular flexibility index (Phi) is 22.2. The number of unbranched alkanes of at least 4 members (excludes halogenated alkanes) is 16. The van der Waals surface area contributed by atoms with Gasteiger partial charge in [0.25, 0.3) is 0 Å². The van der Waals surface area contributed by atoms with E-state index in [1.54, 1.807) is 0 Å². The van der Waals surface area contributed by atoms with Crippen LogP contribution in [0.2, 0.25) is 0 Å². The molecular formula is C38H56N2O6. The van der Waals surface area contributed by atoms with Crippen LogP contribution < -0.4 is 0 Å². The number of nitrogens with zero attached hydrogens (tertiary/aromatic N) is 2. The van der Waals surface area contributed by atoms with Crippen LogP contribution in [0.25, 0.3) is 0 Å². The first kappa shape index (κ1) is 38.5. The maximum Gasteiger partial charge on any atom is 0.358 e. The predicted octanol–water partition coefficient (Wildman–Crippen LogP) is 10.6. The average Bonchev–Trinajstić information content (AvgIpc) is 3.08. The third-order valence-corrected chi connectivity index (χ3v) is 7.81. The van der Waals surface area contributed by atoms with Crippen LogP contribution in [-0.4, -0.2) is 23.4 Å². The molecule has 0 saturated carbocycles. The second kappa shape index (κ2) is 26.5. The molecule has 8 heteroatoms.